The largest absolute Gasteiger partial charge is 0.497 e. The molecule has 10 nitrogen and oxygen atoms in total. The molecule has 0 heterocycles. The van der Waals surface area contributed by atoms with E-state index < -0.39 is 11.8 Å². The number of amides is 2. The van der Waals surface area contributed by atoms with Crippen molar-refractivity contribution in [2.75, 3.05) is 42.3 Å². The Morgan fingerprint density at radius 2 is 1.39 bits per heavy atom. The lowest BCUT2D eigenvalue weighted by atomic mass is 10.1. The van der Waals surface area contributed by atoms with Crippen molar-refractivity contribution in [1.29, 1.82) is 0 Å². The van der Waals surface area contributed by atoms with E-state index in [9.17, 15) is 9.59 Å². The summed E-state index contributed by atoms with van der Waals surface area (Å²) in [5, 5.41) is 6.60. The number of carbonyl (C=O) groups is 2. The summed E-state index contributed by atoms with van der Waals surface area (Å²) in [6.07, 6.45) is 0. The first kappa shape index (κ1) is 27.7. The highest BCUT2D eigenvalue weighted by Gasteiger charge is 2.14. The van der Waals surface area contributed by atoms with E-state index in [1.54, 1.807) is 31.4 Å². The second-order valence-electron chi connectivity index (χ2n) is 8.87. The van der Waals surface area contributed by atoms with Gasteiger partial charge in [0.05, 0.1) is 24.2 Å². The fourth-order valence-electron chi connectivity index (χ4n) is 3.59. The molecule has 0 saturated carbocycles. The molecule has 3 aromatic carbocycles. The van der Waals surface area contributed by atoms with Crippen molar-refractivity contribution in [3.05, 3.63) is 82.4 Å². The molecule has 10 heteroatoms. The van der Waals surface area contributed by atoms with Crippen molar-refractivity contribution >= 4 is 34.6 Å². The molecule has 10 N–H and O–H groups in total. The maximum Gasteiger partial charge on any atom is 0.248 e. The van der Waals surface area contributed by atoms with E-state index in [4.69, 9.17) is 32.4 Å². The highest BCUT2D eigenvalue weighted by molar-refractivity contribution is 5.96. The molecular formula is C28H34N6O4. The topological polar surface area (TPSA) is 181 Å². The predicted octanol–water partition coefficient (Wildman–Crippen LogP) is 3.50. The number of benzene rings is 3. The average Bonchev–Trinajstić information content (AvgIpc) is 2.90. The van der Waals surface area contributed by atoms with Crippen molar-refractivity contribution in [3.8, 4) is 11.5 Å². The molecule has 0 radical (unpaired) electrons. The summed E-state index contributed by atoms with van der Waals surface area (Å²) in [6.45, 7) is 5.26. The lowest BCUT2D eigenvalue weighted by molar-refractivity contribution is 0.0991. The number of anilines is 4. The van der Waals surface area contributed by atoms with E-state index >= 15 is 0 Å². The number of nitrogens with one attached hydrogen (secondary N) is 2. The zero-order chi connectivity index (χ0) is 27.8. The first-order chi connectivity index (χ1) is 18.1. The number of ether oxygens (including phenoxy) is 2. The SMILES string of the molecule is COc1ccc(COc2cc(C(N)=O)cc(N)c2NCC(C)=C(C)CNc2ccc(C(N)=O)cc2N)cc1. The molecule has 3 aromatic rings. The molecular weight excluding hydrogens is 484 g/mol. The summed E-state index contributed by atoms with van der Waals surface area (Å²) >= 11 is 0. The monoisotopic (exact) mass is 518 g/mol. The van der Waals surface area contributed by atoms with Gasteiger partial charge in [0.25, 0.3) is 0 Å². The zero-order valence-electron chi connectivity index (χ0n) is 21.8. The summed E-state index contributed by atoms with van der Waals surface area (Å²) in [7, 11) is 1.61. The minimum absolute atomic E-state index is 0.255. The van der Waals surface area contributed by atoms with Gasteiger partial charge in [-0.15, -0.1) is 0 Å². The van der Waals surface area contributed by atoms with E-state index in [-0.39, 0.29) is 12.2 Å². The number of primary amides is 2. The van der Waals surface area contributed by atoms with Crippen molar-refractivity contribution in [2.24, 2.45) is 11.5 Å². The van der Waals surface area contributed by atoms with Crippen LogP contribution >= 0.6 is 0 Å². The minimum Gasteiger partial charge on any atom is -0.497 e. The smallest absolute Gasteiger partial charge is 0.248 e. The summed E-state index contributed by atoms with van der Waals surface area (Å²) in [6, 6.07) is 15.5. The Morgan fingerprint density at radius 3 is 1.97 bits per heavy atom. The summed E-state index contributed by atoms with van der Waals surface area (Å²) in [5.74, 6) is 0.0319. The number of carbonyl (C=O) groups excluding carboxylic acids is 2. The van der Waals surface area contributed by atoms with Gasteiger partial charge in [0.1, 0.15) is 23.8 Å². The van der Waals surface area contributed by atoms with Crippen LogP contribution in [0.1, 0.15) is 40.1 Å². The summed E-state index contributed by atoms with van der Waals surface area (Å²) in [5.41, 5.74) is 28.8. The van der Waals surface area contributed by atoms with Crippen LogP contribution in [0.3, 0.4) is 0 Å². The molecule has 38 heavy (non-hydrogen) atoms. The molecule has 2 amide bonds. The average molecular weight is 519 g/mol. The van der Waals surface area contributed by atoms with Gasteiger partial charge in [-0.3, -0.25) is 9.59 Å². The van der Waals surface area contributed by atoms with Crippen LogP contribution in [-0.4, -0.2) is 32.0 Å². The van der Waals surface area contributed by atoms with Crippen molar-refractivity contribution in [1.82, 2.24) is 0 Å². The normalized spacial score (nSPS) is 11.3. The molecule has 0 saturated heterocycles. The van der Waals surface area contributed by atoms with Gasteiger partial charge in [0.2, 0.25) is 11.8 Å². The fourth-order valence-corrected chi connectivity index (χ4v) is 3.59. The third kappa shape index (κ3) is 7.10. The number of hydrogen-bond donors (Lipinski definition) is 6. The van der Waals surface area contributed by atoms with Gasteiger partial charge < -0.3 is 43.0 Å². The van der Waals surface area contributed by atoms with Crippen molar-refractivity contribution in [2.45, 2.75) is 20.5 Å². The van der Waals surface area contributed by atoms with Crippen LogP contribution in [0.15, 0.2) is 65.7 Å². The number of hydrogen-bond acceptors (Lipinski definition) is 8. The van der Waals surface area contributed by atoms with Crippen LogP contribution < -0.4 is 43.0 Å². The molecule has 0 bridgehead atoms. The first-order valence-electron chi connectivity index (χ1n) is 11.9. The fraction of sp³-hybridized carbons (Fsp3) is 0.214. The highest BCUT2D eigenvalue weighted by atomic mass is 16.5. The summed E-state index contributed by atoms with van der Waals surface area (Å²) in [4.78, 5) is 23.1. The van der Waals surface area contributed by atoms with Gasteiger partial charge in [-0.25, -0.2) is 0 Å². The van der Waals surface area contributed by atoms with E-state index in [1.807, 2.05) is 38.1 Å². The van der Waals surface area contributed by atoms with Gasteiger partial charge in [-0.05, 0) is 61.9 Å². The maximum absolute atomic E-state index is 11.8. The third-order valence-electron chi connectivity index (χ3n) is 6.11. The van der Waals surface area contributed by atoms with Gasteiger partial charge in [-0.2, -0.15) is 0 Å². The zero-order valence-corrected chi connectivity index (χ0v) is 21.8. The van der Waals surface area contributed by atoms with E-state index in [0.717, 1.165) is 22.5 Å². The Kier molecular flexibility index (Phi) is 9.04. The number of rotatable bonds is 12. The highest BCUT2D eigenvalue weighted by Crippen LogP contribution is 2.33. The molecule has 3 rings (SSSR count). The van der Waals surface area contributed by atoms with Crippen LogP contribution in [0.5, 0.6) is 11.5 Å². The molecule has 0 aliphatic rings. The molecule has 0 aliphatic carbocycles. The second kappa shape index (κ2) is 12.4. The Balaban J connectivity index is 1.72. The van der Waals surface area contributed by atoms with E-state index in [1.165, 1.54) is 6.07 Å². The number of methoxy groups -OCH3 is 1. The van der Waals surface area contributed by atoms with Crippen molar-refractivity contribution < 1.29 is 19.1 Å². The maximum atomic E-state index is 11.8. The van der Waals surface area contributed by atoms with Gasteiger partial charge in [0, 0.05) is 24.2 Å². The van der Waals surface area contributed by atoms with Crippen molar-refractivity contribution in [3.63, 3.8) is 0 Å². The van der Waals surface area contributed by atoms with Gasteiger partial charge >= 0.3 is 0 Å². The molecule has 0 aliphatic heterocycles. The predicted molar refractivity (Wildman–Crippen MR) is 151 cm³/mol. The molecule has 0 fully saturated rings. The lowest BCUT2D eigenvalue weighted by Gasteiger charge is -2.18. The quantitative estimate of drug-likeness (QED) is 0.156. The Morgan fingerprint density at radius 1 is 0.789 bits per heavy atom. The number of nitrogen functional groups attached to an aromatic ring is 2. The minimum atomic E-state index is -0.598. The Bertz CT molecular complexity index is 1350. The molecule has 0 spiro atoms. The lowest BCUT2D eigenvalue weighted by Crippen LogP contribution is -2.15. The van der Waals surface area contributed by atoms with Crippen LogP contribution in [0, 0.1) is 0 Å². The number of nitrogens with two attached hydrogens (primary N) is 4. The molecule has 0 aromatic heterocycles. The van der Waals surface area contributed by atoms with E-state index in [0.29, 0.717) is 47.2 Å². The Hall–Kier alpha value is -4.86. The summed E-state index contributed by atoms with van der Waals surface area (Å²) < 4.78 is 11.2. The van der Waals surface area contributed by atoms with Gasteiger partial charge in [-0.1, -0.05) is 23.3 Å². The van der Waals surface area contributed by atoms with Gasteiger partial charge in [0.15, 0.2) is 0 Å². The molecule has 0 unspecified atom stereocenters. The molecule has 0 atom stereocenters. The Labute approximate surface area is 222 Å². The standard InChI is InChI=1S/C28H34N6O4/c1-16(13-33-24-9-6-19(27(31)35)10-22(24)29)17(2)14-34-26-23(30)11-20(28(32)36)12-25(26)38-15-18-4-7-21(37-3)8-5-18/h4-12,33-34H,13-15,29-30H2,1-3H3,(H2,31,35)(H2,32,36). The third-order valence-corrected chi connectivity index (χ3v) is 6.11. The second-order valence-corrected chi connectivity index (χ2v) is 8.87. The van der Waals surface area contributed by atoms with Crippen LogP contribution in [0.25, 0.3) is 0 Å². The van der Waals surface area contributed by atoms with Crippen LogP contribution in [0.4, 0.5) is 22.7 Å². The van der Waals surface area contributed by atoms with Crippen LogP contribution in [0.2, 0.25) is 0 Å². The van der Waals surface area contributed by atoms with Crippen LogP contribution in [-0.2, 0) is 6.61 Å². The first-order valence-corrected chi connectivity index (χ1v) is 11.9. The van der Waals surface area contributed by atoms with E-state index in [2.05, 4.69) is 10.6 Å². The molecule has 200 valence electrons.